The van der Waals surface area contributed by atoms with E-state index in [0.29, 0.717) is 13.0 Å². The van der Waals surface area contributed by atoms with Crippen LogP contribution in [0.25, 0.3) is 0 Å². The van der Waals surface area contributed by atoms with E-state index < -0.39 is 5.41 Å². The molecule has 1 aliphatic carbocycles. The number of nitriles is 1. The number of Topliss-reactive ketones (excluding diaryl/α,β-unsaturated/α-hetero) is 1. The van der Waals surface area contributed by atoms with Crippen molar-refractivity contribution in [3.63, 3.8) is 0 Å². The van der Waals surface area contributed by atoms with Gasteiger partial charge in [0.25, 0.3) is 0 Å². The summed E-state index contributed by atoms with van der Waals surface area (Å²) in [6.45, 7) is 2.41. The van der Waals surface area contributed by atoms with Crippen molar-refractivity contribution in [3.05, 3.63) is 77.9 Å². The zero-order chi connectivity index (χ0) is 19.0. The average Bonchev–Trinajstić information content (AvgIpc) is 2.72. The van der Waals surface area contributed by atoms with Crippen LogP contribution < -0.4 is 4.90 Å². The Labute approximate surface area is 158 Å². The maximum absolute atomic E-state index is 13.9. The van der Waals surface area contributed by atoms with Gasteiger partial charge in [0, 0.05) is 18.2 Å². The highest BCUT2D eigenvalue weighted by Crippen LogP contribution is 2.49. The Balaban J connectivity index is 1.94. The highest BCUT2D eigenvalue weighted by Gasteiger charge is 2.56. The SMILES string of the molecule is C[C@@H]1C(=O)C(C#N)=C[C@@]2(c3ccccc3)C(=O)N(c3ccccc3)CC[C@H]12. The number of hydrogen-bond donors (Lipinski definition) is 0. The summed E-state index contributed by atoms with van der Waals surface area (Å²) < 4.78 is 0. The Bertz CT molecular complexity index is 959. The number of carbonyl (C=O) groups is 2. The van der Waals surface area contributed by atoms with Crippen molar-refractivity contribution < 1.29 is 9.59 Å². The zero-order valence-electron chi connectivity index (χ0n) is 15.1. The van der Waals surface area contributed by atoms with Gasteiger partial charge in [0.2, 0.25) is 5.91 Å². The second-order valence-electron chi connectivity index (χ2n) is 7.25. The summed E-state index contributed by atoms with van der Waals surface area (Å²) in [5, 5.41) is 9.54. The van der Waals surface area contributed by atoms with Crippen LogP contribution in [0.2, 0.25) is 0 Å². The molecule has 0 N–H and O–H groups in total. The standard InChI is InChI=1S/C23H20N2O2/c1-16-20-12-13-25(19-10-6-3-7-11-19)22(27)23(20,14-17(15-24)21(16)26)18-8-4-2-5-9-18/h2-11,14,16,20H,12-13H2,1H3/t16-,20+,23-/m0/s1. The predicted octanol–water partition coefficient (Wildman–Crippen LogP) is 3.65. The fourth-order valence-corrected chi connectivity index (χ4v) is 4.60. The van der Waals surface area contributed by atoms with Gasteiger partial charge >= 0.3 is 0 Å². The van der Waals surface area contributed by atoms with Crippen LogP contribution in [0, 0.1) is 23.2 Å². The van der Waals surface area contributed by atoms with E-state index in [1.165, 1.54) is 0 Å². The van der Waals surface area contributed by atoms with Crippen molar-refractivity contribution in [2.75, 3.05) is 11.4 Å². The first-order valence-electron chi connectivity index (χ1n) is 9.19. The summed E-state index contributed by atoms with van der Waals surface area (Å²) in [6, 6.07) is 21.2. The number of para-hydroxylation sites is 1. The fourth-order valence-electron chi connectivity index (χ4n) is 4.60. The Kier molecular flexibility index (Phi) is 4.16. The van der Waals surface area contributed by atoms with E-state index in [4.69, 9.17) is 0 Å². The third kappa shape index (κ3) is 2.50. The number of hydrogen-bond acceptors (Lipinski definition) is 3. The van der Waals surface area contributed by atoms with Gasteiger partial charge < -0.3 is 4.90 Å². The summed E-state index contributed by atoms with van der Waals surface area (Å²) in [7, 11) is 0. The third-order valence-electron chi connectivity index (χ3n) is 5.94. The smallest absolute Gasteiger partial charge is 0.241 e. The number of allylic oxidation sites excluding steroid dienone is 1. The van der Waals surface area contributed by atoms with E-state index in [1.807, 2.05) is 73.7 Å². The maximum atomic E-state index is 13.9. The summed E-state index contributed by atoms with van der Waals surface area (Å²) in [5.41, 5.74) is 0.777. The van der Waals surface area contributed by atoms with Crippen LogP contribution in [0.1, 0.15) is 18.9 Å². The Morgan fingerprint density at radius 1 is 1.04 bits per heavy atom. The largest absolute Gasteiger partial charge is 0.311 e. The molecule has 2 aromatic rings. The van der Waals surface area contributed by atoms with Gasteiger partial charge in [0.15, 0.2) is 5.78 Å². The molecule has 2 aliphatic rings. The lowest BCUT2D eigenvalue weighted by Crippen LogP contribution is -2.59. The lowest BCUT2D eigenvalue weighted by molar-refractivity contribution is -0.130. The molecule has 0 saturated carbocycles. The van der Waals surface area contributed by atoms with Gasteiger partial charge in [-0.2, -0.15) is 5.26 Å². The number of nitrogens with zero attached hydrogens (tertiary/aromatic N) is 2. The number of fused-ring (bicyclic) bond motifs is 1. The number of amides is 1. The Morgan fingerprint density at radius 3 is 2.30 bits per heavy atom. The van der Waals surface area contributed by atoms with Crippen LogP contribution in [0.3, 0.4) is 0 Å². The molecule has 1 fully saturated rings. The minimum absolute atomic E-state index is 0.0664. The van der Waals surface area contributed by atoms with E-state index in [1.54, 1.807) is 11.0 Å². The minimum atomic E-state index is -0.992. The molecule has 4 heteroatoms. The molecule has 0 spiro atoms. The van der Waals surface area contributed by atoms with E-state index >= 15 is 0 Å². The molecule has 2 aromatic carbocycles. The lowest BCUT2D eigenvalue weighted by Gasteiger charge is -2.49. The topological polar surface area (TPSA) is 61.2 Å². The van der Waals surface area contributed by atoms with E-state index in [0.717, 1.165) is 11.3 Å². The normalized spacial score (nSPS) is 27.6. The van der Waals surface area contributed by atoms with Crippen molar-refractivity contribution in [1.82, 2.24) is 0 Å². The van der Waals surface area contributed by atoms with Crippen molar-refractivity contribution in [3.8, 4) is 6.07 Å². The number of carbonyl (C=O) groups excluding carboxylic acids is 2. The van der Waals surface area contributed by atoms with E-state index in [9.17, 15) is 14.9 Å². The highest BCUT2D eigenvalue weighted by atomic mass is 16.2. The first-order chi connectivity index (χ1) is 13.1. The fraction of sp³-hybridized carbons (Fsp3) is 0.261. The average molecular weight is 356 g/mol. The summed E-state index contributed by atoms with van der Waals surface area (Å²) in [4.78, 5) is 28.3. The molecule has 4 nitrogen and oxygen atoms in total. The first-order valence-corrected chi connectivity index (χ1v) is 9.19. The molecule has 1 heterocycles. The van der Waals surface area contributed by atoms with Crippen LogP contribution in [-0.2, 0) is 15.0 Å². The number of ketones is 1. The monoisotopic (exact) mass is 356 g/mol. The molecule has 3 atom stereocenters. The second kappa shape index (κ2) is 6.51. The van der Waals surface area contributed by atoms with Crippen molar-refractivity contribution in [2.45, 2.75) is 18.8 Å². The van der Waals surface area contributed by atoms with Crippen LogP contribution in [0.4, 0.5) is 5.69 Å². The van der Waals surface area contributed by atoms with Crippen molar-refractivity contribution in [2.24, 2.45) is 11.8 Å². The van der Waals surface area contributed by atoms with Gasteiger partial charge in [-0.1, -0.05) is 55.5 Å². The third-order valence-corrected chi connectivity index (χ3v) is 5.94. The summed E-state index contributed by atoms with van der Waals surface area (Å²) in [6.07, 6.45) is 2.34. The van der Waals surface area contributed by atoms with Gasteiger partial charge in [-0.25, -0.2) is 0 Å². The van der Waals surface area contributed by atoms with E-state index in [2.05, 4.69) is 0 Å². The highest BCUT2D eigenvalue weighted by molar-refractivity contribution is 6.10. The van der Waals surface area contributed by atoms with Gasteiger partial charge in [-0.3, -0.25) is 9.59 Å². The quantitative estimate of drug-likeness (QED) is 0.825. The number of rotatable bonds is 2. The molecule has 27 heavy (non-hydrogen) atoms. The molecule has 4 rings (SSSR count). The summed E-state index contributed by atoms with van der Waals surface area (Å²) >= 11 is 0. The maximum Gasteiger partial charge on any atom is 0.241 e. The molecule has 1 amide bonds. The molecule has 134 valence electrons. The van der Waals surface area contributed by atoms with Crippen LogP contribution in [0.15, 0.2) is 72.3 Å². The second-order valence-corrected chi connectivity index (χ2v) is 7.25. The Morgan fingerprint density at radius 2 is 1.67 bits per heavy atom. The number of piperidine rings is 1. The molecule has 1 aliphatic heterocycles. The first kappa shape index (κ1) is 17.2. The van der Waals surface area contributed by atoms with E-state index in [-0.39, 0.29) is 29.1 Å². The zero-order valence-corrected chi connectivity index (χ0v) is 15.1. The van der Waals surface area contributed by atoms with Gasteiger partial charge in [-0.05, 0) is 36.1 Å². The van der Waals surface area contributed by atoms with Crippen LogP contribution in [0.5, 0.6) is 0 Å². The van der Waals surface area contributed by atoms with Crippen LogP contribution in [-0.4, -0.2) is 18.2 Å². The van der Waals surface area contributed by atoms with Crippen molar-refractivity contribution in [1.29, 1.82) is 5.26 Å². The molecule has 0 aromatic heterocycles. The number of benzene rings is 2. The van der Waals surface area contributed by atoms with Gasteiger partial charge in [0.1, 0.15) is 6.07 Å². The molecule has 1 saturated heterocycles. The molecular formula is C23H20N2O2. The van der Waals surface area contributed by atoms with Crippen molar-refractivity contribution >= 4 is 17.4 Å². The van der Waals surface area contributed by atoms with Crippen LogP contribution >= 0.6 is 0 Å². The van der Waals surface area contributed by atoms with Gasteiger partial charge in [0.05, 0.1) is 11.0 Å². The molecule has 0 unspecified atom stereocenters. The molecular weight excluding hydrogens is 336 g/mol. The lowest BCUT2D eigenvalue weighted by atomic mass is 9.57. The Hall–Kier alpha value is -3.19. The number of anilines is 1. The minimum Gasteiger partial charge on any atom is -0.311 e. The summed E-state index contributed by atoms with van der Waals surface area (Å²) in [5.74, 6) is -0.748. The predicted molar refractivity (Wildman–Crippen MR) is 103 cm³/mol. The molecule has 0 bridgehead atoms. The van der Waals surface area contributed by atoms with Gasteiger partial charge in [-0.15, -0.1) is 0 Å². The molecule has 0 radical (unpaired) electrons.